The summed E-state index contributed by atoms with van der Waals surface area (Å²) >= 11 is 0. The van der Waals surface area contributed by atoms with Gasteiger partial charge in [-0.2, -0.15) is 0 Å². The molecule has 1 saturated carbocycles. The van der Waals surface area contributed by atoms with Crippen LogP contribution in [0.15, 0.2) is 11.4 Å². The lowest BCUT2D eigenvalue weighted by Crippen LogP contribution is -2.54. The minimum atomic E-state index is -2.18. The summed E-state index contributed by atoms with van der Waals surface area (Å²) in [5.41, 5.74) is 1.27. The molecule has 4 nitrogen and oxygen atoms in total. The van der Waals surface area contributed by atoms with Crippen molar-refractivity contribution in [2.45, 2.75) is 137 Å². The largest absolute Gasteiger partial charge is 0.446 e. The van der Waals surface area contributed by atoms with Gasteiger partial charge in [-0.05, 0) is 64.8 Å². The van der Waals surface area contributed by atoms with Gasteiger partial charge in [-0.25, -0.2) is 4.79 Å². The fraction of sp³-hybridized carbons (Fsp3) is 0.862. The van der Waals surface area contributed by atoms with Crippen LogP contribution in [-0.2, 0) is 9.53 Å². The summed E-state index contributed by atoms with van der Waals surface area (Å²) in [6.45, 7) is 24.8. The molecular weight excluding hydrogens is 438 g/mol. The van der Waals surface area contributed by atoms with E-state index in [4.69, 9.17) is 4.74 Å². The Hall–Kier alpha value is -1.10. The summed E-state index contributed by atoms with van der Waals surface area (Å²) < 4.78 is 6.31. The van der Waals surface area contributed by atoms with E-state index in [9.17, 15) is 9.59 Å². The number of hydrogen-bond acceptors (Lipinski definition) is 3. The third-order valence-electron chi connectivity index (χ3n) is 8.88. The van der Waals surface area contributed by atoms with Gasteiger partial charge in [-0.15, -0.1) is 0 Å². The number of rotatable bonds is 8. The third kappa shape index (κ3) is 5.99. The van der Waals surface area contributed by atoms with Crippen molar-refractivity contribution in [3.05, 3.63) is 11.4 Å². The third-order valence-corrected chi connectivity index (χ3v) is 16.0. The maximum Gasteiger partial charge on any atom is 0.414 e. The molecule has 0 aromatic carbocycles. The van der Waals surface area contributed by atoms with Crippen LogP contribution in [0.3, 0.4) is 0 Å². The van der Waals surface area contributed by atoms with Crippen molar-refractivity contribution in [1.29, 1.82) is 0 Å². The van der Waals surface area contributed by atoms with E-state index in [-0.39, 0.29) is 24.0 Å². The molecular formula is C29H53NO3Si. The fourth-order valence-corrected chi connectivity index (χ4v) is 14.2. The Labute approximate surface area is 211 Å². The van der Waals surface area contributed by atoms with Gasteiger partial charge in [0.25, 0.3) is 0 Å². The first-order valence-electron chi connectivity index (χ1n) is 14.0. The zero-order valence-corrected chi connectivity index (χ0v) is 25.0. The van der Waals surface area contributed by atoms with Crippen LogP contribution in [0.1, 0.15) is 108 Å². The second-order valence-corrected chi connectivity index (χ2v) is 18.9. The molecule has 4 atom stereocenters. The van der Waals surface area contributed by atoms with Crippen molar-refractivity contribution >= 4 is 20.0 Å². The van der Waals surface area contributed by atoms with E-state index in [0.29, 0.717) is 46.7 Å². The molecule has 0 spiro atoms. The molecule has 1 fully saturated rings. The van der Waals surface area contributed by atoms with Gasteiger partial charge in [0, 0.05) is 18.7 Å². The minimum absolute atomic E-state index is 0.0345. The molecule has 0 bridgehead atoms. The molecule has 1 aliphatic carbocycles. The van der Waals surface area contributed by atoms with Gasteiger partial charge >= 0.3 is 6.09 Å². The van der Waals surface area contributed by atoms with Crippen molar-refractivity contribution in [2.24, 2.45) is 23.7 Å². The summed E-state index contributed by atoms with van der Waals surface area (Å²) in [4.78, 5) is 29.3. The van der Waals surface area contributed by atoms with Gasteiger partial charge in [-0.1, -0.05) is 82.6 Å². The van der Waals surface area contributed by atoms with E-state index >= 15 is 0 Å². The molecule has 5 heteroatoms. The predicted molar refractivity (Wildman–Crippen MR) is 145 cm³/mol. The SMILES string of the molecule is CC(C)C[C@@H]1CC(=O)C([Si](C(C)C)(C(C)C)C(C)C)=CN1C(=O)O[C@@H]1C[C@H](C)CC[C@H]1C(C)C. The number of carbonyl (C=O) groups excluding carboxylic acids is 2. The minimum Gasteiger partial charge on any atom is -0.446 e. The Morgan fingerprint density at radius 1 is 1.00 bits per heavy atom. The maximum absolute atomic E-state index is 13.8. The van der Waals surface area contributed by atoms with Crippen molar-refractivity contribution in [2.75, 3.05) is 0 Å². The molecule has 0 saturated heterocycles. The Bertz CT molecular complexity index is 718. The molecule has 0 aromatic heterocycles. The molecule has 34 heavy (non-hydrogen) atoms. The lowest BCUT2D eigenvalue weighted by atomic mass is 9.75. The number of carbonyl (C=O) groups is 2. The number of amides is 1. The van der Waals surface area contributed by atoms with Crippen LogP contribution in [0.5, 0.6) is 0 Å². The predicted octanol–water partition coefficient (Wildman–Crippen LogP) is 8.38. The van der Waals surface area contributed by atoms with Crippen LogP contribution in [0, 0.1) is 23.7 Å². The molecule has 196 valence electrons. The van der Waals surface area contributed by atoms with Gasteiger partial charge in [-0.3, -0.25) is 9.69 Å². The molecule has 0 aromatic rings. The molecule has 0 unspecified atom stereocenters. The average Bonchev–Trinajstić information content (AvgIpc) is 2.68. The maximum atomic E-state index is 13.8. The van der Waals surface area contributed by atoms with Crippen LogP contribution in [0.25, 0.3) is 0 Å². The summed E-state index contributed by atoms with van der Waals surface area (Å²) in [5.74, 6) is 2.16. The fourth-order valence-electron chi connectivity index (χ4n) is 7.41. The van der Waals surface area contributed by atoms with E-state index in [0.717, 1.165) is 24.5 Å². The first-order valence-corrected chi connectivity index (χ1v) is 16.2. The lowest BCUT2D eigenvalue weighted by molar-refractivity contribution is -0.117. The monoisotopic (exact) mass is 491 g/mol. The highest BCUT2D eigenvalue weighted by molar-refractivity contribution is 6.93. The molecule has 0 radical (unpaired) electrons. The molecule has 2 rings (SSSR count). The van der Waals surface area contributed by atoms with Crippen molar-refractivity contribution in [3.63, 3.8) is 0 Å². The van der Waals surface area contributed by atoms with E-state index in [2.05, 4.69) is 76.2 Å². The molecule has 2 aliphatic rings. The molecule has 1 amide bonds. The number of ketones is 1. The van der Waals surface area contributed by atoms with Gasteiger partial charge in [0.2, 0.25) is 0 Å². The lowest BCUT2D eigenvalue weighted by Gasteiger charge is -2.47. The van der Waals surface area contributed by atoms with Crippen LogP contribution in [-0.4, -0.2) is 37.0 Å². The van der Waals surface area contributed by atoms with E-state index in [1.807, 2.05) is 11.1 Å². The summed E-state index contributed by atoms with van der Waals surface area (Å²) in [5, 5.41) is 0.960. The normalized spacial score (nSPS) is 26.8. The molecule has 1 heterocycles. The van der Waals surface area contributed by atoms with Crippen LogP contribution in [0.4, 0.5) is 4.79 Å². The second kappa shape index (κ2) is 11.8. The average molecular weight is 492 g/mol. The van der Waals surface area contributed by atoms with Gasteiger partial charge in [0.1, 0.15) is 14.2 Å². The highest BCUT2D eigenvalue weighted by Crippen LogP contribution is 2.48. The Kier molecular flexibility index (Phi) is 10.1. The van der Waals surface area contributed by atoms with Crippen LogP contribution < -0.4 is 0 Å². The van der Waals surface area contributed by atoms with E-state index in [1.54, 1.807) is 0 Å². The van der Waals surface area contributed by atoms with E-state index < -0.39 is 8.07 Å². The zero-order valence-electron chi connectivity index (χ0n) is 24.0. The molecule has 1 aliphatic heterocycles. The highest BCUT2D eigenvalue weighted by Gasteiger charge is 2.51. The standard InChI is InChI=1S/C29H53NO3Si/c1-18(2)14-24-16-26(31)28(34(20(5)6,21(7)8)22(9)10)17-30(24)29(32)33-27-15-23(11)12-13-25(27)19(3)4/h17-25,27H,12-16H2,1-11H3/t23-,24-,25+,27-/m1/s1. The number of nitrogens with zero attached hydrogens (tertiary/aromatic N) is 1. The summed E-state index contributed by atoms with van der Waals surface area (Å²) in [6.07, 6.45) is 6.22. The Balaban J connectivity index is 2.50. The first kappa shape index (κ1) is 29.1. The number of hydrogen-bond donors (Lipinski definition) is 0. The Morgan fingerprint density at radius 3 is 2.03 bits per heavy atom. The van der Waals surface area contributed by atoms with Crippen molar-refractivity contribution in [1.82, 2.24) is 4.90 Å². The first-order chi connectivity index (χ1) is 15.7. The van der Waals surface area contributed by atoms with E-state index in [1.165, 1.54) is 6.42 Å². The highest BCUT2D eigenvalue weighted by atomic mass is 28.3. The topological polar surface area (TPSA) is 46.6 Å². The number of allylic oxidation sites excluding steroid dienone is 1. The number of ether oxygens (including phenoxy) is 1. The summed E-state index contributed by atoms with van der Waals surface area (Å²) in [6, 6.07) is -0.111. The Morgan fingerprint density at radius 2 is 1.56 bits per heavy atom. The smallest absolute Gasteiger partial charge is 0.414 e. The van der Waals surface area contributed by atoms with Crippen LogP contribution in [0.2, 0.25) is 16.6 Å². The number of Topliss-reactive ketones (excluding diaryl/α,β-unsaturated/α-hetero) is 1. The van der Waals surface area contributed by atoms with Crippen molar-refractivity contribution in [3.8, 4) is 0 Å². The zero-order chi connectivity index (χ0) is 26.0. The van der Waals surface area contributed by atoms with Crippen molar-refractivity contribution < 1.29 is 14.3 Å². The van der Waals surface area contributed by atoms with Gasteiger partial charge in [0.15, 0.2) is 5.78 Å². The van der Waals surface area contributed by atoms with Crippen LogP contribution >= 0.6 is 0 Å². The molecule has 0 N–H and O–H groups in total. The summed E-state index contributed by atoms with van der Waals surface area (Å²) in [7, 11) is -2.18. The second-order valence-electron chi connectivity index (χ2n) is 13.0. The van der Waals surface area contributed by atoms with Gasteiger partial charge in [0.05, 0.1) is 0 Å². The quantitative estimate of drug-likeness (QED) is 0.320. The van der Waals surface area contributed by atoms with Gasteiger partial charge < -0.3 is 4.74 Å².